The lowest BCUT2D eigenvalue weighted by Crippen LogP contribution is -2.74. The Balaban J connectivity index is 3.56. The number of ether oxygens (including phenoxy) is 1. The third-order valence-corrected chi connectivity index (χ3v) is 6.05. The number of alkyl halides is 17. The summed E-state index contributed by atoms with van der Waals surface area (Å²) in [5.41, 5.74) is 0. The van der Waals surface area contributed by atoms with Crippen LogP contribution in [0.15, 0.2) is 12.2 Å². The number of rotatable bonds is 12. The van der Waals surface area contributed by atoms with Crippen molar-refractivity contribution in [2.45, 2.75) is 92.3 Å². The Morgan fingerprint density at radius 3 is 1.41 bits per heavy atom. The zero-order valence-corrected chi connectivity index (χ0v) is 19.6. The van der Waals surface area contributed by atoms with Crippen LogP contribution in [0.2, 0.25) is 0 Å². The van der Waals surface area contributed by atoms with E-state index in [9.17, 15) is 84.2 Å². The molecule has 240 valence electrons. The molecular formula is C20H17F17O4. The molecule has 1 aliphatic carbocycles. The molecule has 21 heteroatoms. The topological polar surface area (TPSA) is 63.6 Å². The Labute approximate surface area is 217 Å². The standard InChI is InChI=1S/C20H17F17O4/c21-13(22,8-10(9-4-2-1-3-5-9)41-12(40)7-6-11(38)39)14(23,24)15(25,26)16(27,28)17(29,30)18(31,32)19(33,34)20(35,36)37/h6-7,9-10H,1-5,8H2,(H,38,39)/b7-6+. The highest BCUT2D eigenvalue weighted by Crippen LogP contribution is 2.64. The second-order valence-electron chi connectivity index (χ2n) is 8.90. The van der Waals surface area contributed by atoms with E-state index in [0.717, 1.165) is 0 Å². The van der Waals surface area contributed by atoms with Crippen LogP contribution in [0.3, 0.4) is 0 Å². The van der Waals surface area contributed by atoms with Gasteiger partial charge in [0.1, 0.15) is 6.10 Å². The van der Waals surface area contributed by atoms with E-state index >= 15 is 0 Å². The van der Waals surface area contributed by atoms with E-state index in [1.807, 2.05) is 0 Å². The number of hydrogen-bond donors (Lipinski definition) is 1. The van der Waals surface area contributed by atoms with Crippen molar-refractivity contribution >= 4 is 11.9 Å². The van der Waals surface area contributed by atoms with Crippen molar-refractivity contribution in [1.82, 2.24) is 0 Å². The minimum Gasteiger partial charge on any atom is -0.478 e. The fourth-order valence-corrected chi connectivity index (χ4v) is 3.72. The molecule has 1 aliphatic rings. The molecule has 0 aliphatic heterocycles. The van der Waals surface area contributed by atoms with Gasteiger partial charge >= 0.3 is 59.6 Å². The molecule has 0 aromatic heterocycles. The van der Waals surface area contributed by atoms with Crippen molar-refractivity contribution in [2.24, 2.45) is 5.92 Å². The van der Waals surface area contributed by atoms with E-state index in [4.69, 9.17) is 5.11 Å². The molecule has 1 rings (SSSR count). The highest BCUT2D eigenvalue weighted by Gasteiger charge is 2.95. The average molecular weight is 644 g/mol. The van der Waals surface area contributed by atoms with E-state index in [1.54, 1.807) is 0 Å². The summed E-state index contributed by atoms with van der Waals surface area (Å²) in [5, 5.41) is 8.43. The van der Waals surface area contributed by atoms with Crippen LogP contribution < -0.4 is 0 Å². The molecule has 1 N–H and O–H groups in total. The second-order valence-corrected chi connectivity index (χ2v) is 8.90. The summed E-state index contributed by atoms with van der Waals surface area (Å²) < 4.78 is 234. The van der Waals surface area contributed by atoms with E-state index in [0.29, 0.717) is 6.42 Å². The predicted octanol–water partition coefficient (Wildman–Crippen LogP) is 7.52. The zero-order chi connectivity index (χ0) is 32.7. The Morgan fingerprint density at radius 2 is 1.02 bits per heavy atom. The molecule has 0 heterocycles. The van der Waals surface area contributed by atoms with Gasteiger partial charge in [0, 0.05) is 12.2 Å². The molecule has 1 atom stereocenters. The number of esters is 1. The first-order chi connectivity index (χ1) is 18.0. The third kappa shape index (κ3) is 6.31. The second kappa shape index (κ2) is 11.3. The monoisotopic (exact) mass is 644 g/mol. The Hall–Kier alpha value is -2.51. The number of aliphatic carboxylic acids is 1. The van der Waals surface area contributed by atoms with Crippen LogP contribution in [0.5, 0.6) is 0 Å². The molecule has 0 bridgehead atoms. The normalized spacial score (nSPS) is 18.5. The first kappa shape index (κ1) is 36.5. The number of carboxylic acids is 1. The molecular weight excluding hydrogens is 627 g/mol. The van der Waals surface area contributed by atoms with Crippen molar-refractivity contribution in [3.63, 3.8) is 0 Å². The van der Waals surface area contributed by atoms with Gasteiger partial charge in [0.05, 0.1) is 6.42 Å². The van der Waals surface area contributed by atoms with Gasteiger partial charge in [0.2, 0.25) is 0 Å². The van der Waals surface area contributed by atoms with Crippen molar-refractivity contribution in [1.29, 1.82) is 0 Å². The SMILES string of the molecule is O=C(O)/C=C/C(=O)OC(CC(F)(F)C(F)(F)C(F)(F)C(F)(F)C(F)(F)C(F)(F)C(F)(F)C(F)(F)F)C1CCCCC1. The molecule has 0 aromatic rings. The van der Waals surface area contributed by atoms with Gasteiger partial charge < -0.3 is 9.84 Å². The zero-order valence-electron chi connectivity index (χ0n) is 19.6. The lowest BCUT2D eigenvalue weighted by molar-refractivity contribution is -0.462. The summed E-state index contributed by atoms with van der Waals surface area (Å²) in [4.78, 5) is 22.1. The molecule has 41 heavy (non-hydrogen) atoms. The lowest BCUT2D eigenvalue weighted by atomic mass is 9.81. The number of carbonyl (C=O) groups is 2. The van der Waals surface area contributed by atoms with Crippen molar-refractivity contribution in [3.8, 4) is 0 Å². The molecule has 1 saturated carbocycles. The Morgan fingerprint density at radius 1 is 0.634 bits per heavy atom. The van der Waals surface area contributed by atoms with Gasteiger partial charge in [-0.3, -0.25) is 0 Å². The van der Waals surface area contributed by atoms with Crippen LogP contribution in [0, 0.1) is 5.92 Å². The van der Waals surface area contributed by atoms with Gasteiger partial charge in [-0.05, 0) is 18.8 Å². The number of carbonyl (C=O) groups excluding carboxylic acids is 1. The maximum absolute atomic E-state index is 14.5. The quantitative estimate of drug-likeness (QED) is 0.136. The summed E-state index contributed by atoms with van der Waals surface area (Å²) in [6, 6.07) is 0. The molecule has 0 radical (unpaired) electrons. The fourth-order valence-electron chi connectivity index (χ4n) is 3.72. The molecule has 0 aromatic carbocycles. The molecule has 4 nitrogen and oxygen atoms in total. The Bertz CT molecular complexity index is 981. The highest BCUT2D eigenvalue weighted by molar-refractivity contribution is 5.90. The first-order valence-electron chi connectivity index (χ1n) is 10.9. The molecule has 0 spiro atoms. The van der Waals surface area contributed by atoms with E-state index in [-0.39, 0.29) is 37.8 Å². The largest absolute Gasteiger partial charge is 0.478 e. The number of hydrogen-bond acceptors (Lipinski definition) is 3. The summed E-state index contributed by atoms with van der Waals surface area (Å²) in [6.45, 7) is 0. The molecule has 0 amide bonds. The summed E-state index contributed by atoms with van der Waals surface area (Å²) in [7, 11) is 0. The maximum Gasteiger partial charge on any atom is 0.460 e. The Kier molecular flexibility index (Phi) is 10.1. The molecule has 1 fully saturated rings. The summed E-state index contributed by atoms with van der Waals surface area (Å²) in [5.74, 6) is -62.5. The van der Waals surface area contributed by atoms with Crippen LogP contribution in [-0.4, -0.2) is 70.8 Å². The van der Waals surface area contributed by atoms with Crippen molar-refractivity contribution in [2.75, 3.05) is 0 Å². The fraction of sp³-hybridized carbons (Fsp3) is 0.800. The molecule has 0 saturated heterocycles. The number of halogens is 17. The van der Waals surface area contributed by atoms with Gasteiger partial charge in [0.25, 0.3) is 0 Å². The third-order valence-electron chi connectivity index (χ3n) is 6.05. The smallest absolute Gasteiger partial charge is 0.460 e. The van der Waals surface area contributed by atoms with Crippen LogP contribution in [0.1, 0.15) is 38.5 Å². The van der Waals surface area contributed by atoms with Crippen LogP contribution in [-0.2, 0) is 14.3 Å². The van der Waals surface area contributed by atoms with Gasteiger partial charge in [-0.15, -0.1) is 0 Å². The minimum atomic E-state index is -8.74. The van der Waals surface area contributed by atoms with Crippen LogP contribution >= 0.6 is 0 Å². The van der Waals surface area contributed by atoms with Crippen LogP contribution in [0.4, 0.5) is 74.6 Å². The van der Waals surface area contributed by atoms with E-state index in [2.05, 4.69) is 4.74 Å². The lowest BCUT2D eigenvalue weighted by Gasteiger charge is -2.43. The van der Waals surface area contributed by atoms with Gasteiger partial charge in [0.15, 0.2) is 0 Å². The van der Waals surface area contributed by atoms with Gasteiger partial charge in [-0.25, -0.2) is 9.59 Å². The predicted molar refractivity (Wildman–Crippen MR) is 98.5 cm³/mol. The molecule has 1 unspecified atom stereocenters. The first-order valence-corrected chi connectivity index (χ1v) is 10.9. The van der Waals surface area contributed by atoms with Crippen LogP contribution in [0.25, 0.3) is 0 Å². The summed E-state index contributed by atoms with van der Waals surface area (Å²) >= 11 is 0. The van der Waals surface area contributed by atoms with E-state index < -0.39 is 78.0 Å². The van der Waals surface area contributed by atoms with Crippen molar-refractivity contribution < 1.29 is 94.1 Å². The van der Waals surface area contributed by atoms with Gasteiger partial charge in [-0.2, -0.15) is 74.6 Å². The van der Waals surface area contributed by atoms with E-state index in [1.165, 1.54) is 0 Å². The summed E-state index contributed by atoms with van der Waals surface area (Å²) in [6.07, 6.45) is -13.3. The highest BCUT2D eigenvalue weighted by atomic mass is 19.4. The maximum atomic E-state index is 14.5. The average Bonchev–Trinajstić information content (AvgIpc) is 2.81. The number of carboxylic acid groups (broad SMARTS) is 1. The van der Waals surface area contributed by atoms with Gasteiger partial charge in [-0.1, -0.05) is 19.3 Å². The minimum absolute atomic E-state index is 0.0145. The van der Waals surface area contributed by atoms with Crippen molar-refractivity contribution in [3.05, 3.63) is 12.2 Å².